The lowest BCUT2D eigenvalue weighted by Gasteiger charge is -2.41. The molecule has 0 bridgehead atoms. The van der Waals surface area contributed by atoms with Gasteiger partial charge >= 0.3 is 0 Å². The fraction of sp³-hybridized carbons (Fsp3) is 0.375. The van der Waals surface area contributed by atoms with E-state index < -0.39 is 0 Å². The highest BCUT2D eigenvalue weighted by atomic mass is 16.5. The van der Waals surface area contributed by atoms with E-state index in [0.29, 0.717) is 0 Å². The van der Waals surface area contributed by atoms with Gasteiger partial charge in [0.2, 0.25) is 0 Å². The molecule has 2 heteroatoms. The van der Waals surface area contributed by atoms with Gasteiger partial charge in [0.25, 0.3) is 0 Å². The monoisotopic (exact) mass is 347 g/mol. The highest BCUT2D eigenvalue weighted by molar-refractivity contribution is 5.89. The highest BCUT2D eigenvalue weighted by Gasteiger charge is 2.37. The van der Waals surface area contributed by atoms with Crippen LogP contribution in [0, 0.1) is 10.8 Å². The van der Waals surface area contributed by atoms with E-state index in [9.17, 15) is 0 Å². The fourth-order valence-electron chi connectivity index (χ4n) is 3.15. The van der Waals surface area contributed by atoms with Crippen LogP contribution in [0.5, 0.6) is 0 Å². The second-order valence-corrected chi connectivity index (χ2v) is 8.15. The third-order valence-electron chi connectivity index (χ3n) is 5.54. The maximum absolute atomic E-state index is 6.07. The summed E-state index contributed by atoms with van der Waals surface area (Å²) in [5.74, 6) is 0.979. The number of benzene rings is 1. The molecule has 0 aliphatic heterocycles. The standard InChI is InChI=1S/C24H29NO/c1-6-15-26-22-17-24(4,5)23(2,3)16-19(22)11-12-21-20-10-8-7-9-18(20)13-14-25-21/h7-14,16-17H,6,15H2,1-5H3/b12-11+. The van der Waals surface area contributed by atoms with Gasteiger partial charge in [-0.3, -0.25) is 4.98 Å². The fourth-order valence-corrected chi connectivity index (χ4v) is 3.15. The second kappa shape index (κ2) is 7.11. The average molecular weight is 348 g/mol. The van der Waals surface area contributed by atoms with Gasteiger partial charge in [0, 0.05) is 17.2 Å². The van der Waals surface area contributed by atoms with Gasteiger partial charge in [0.1, 0.15) is 5.76 Å². The summed E-state index contributed by atoms with van der Waals surface area (Å²) in [7, 11) is 0. The minimum atomic E-state index is 0.0467. The summed E-state index contributed by atoms with van der Waals surface area (Å²) in [6, 6.07) is 10.4. The molecule has 136 valence electrons. The van der Waals surface area contributed by atoms with Gasteiger partial charge in [-0.2, -0.15) is 0 Å². The van der Waals surface area contributed by atoms with Gasteiger partial charge < -0.3 is 4.74 Å². The van der Waals surface area contributed by atoms with Crippen LogP contribution in [0.4, 0.5) is 0 Å². The Morgan fingerprint density at radius 2 is 1.69 bits per heavy atom. The van der Waals surface area contributed by atoms with Crippen LogP contribution < -0.4 is 0 Å². The van der Waals surface area contributed by atoms with Crippen LogP contribution >= 0.6 is 0 Å². The molecule has 26 heavy (non-hydrogen) atoms. The molecule has 0 unspecified atom stereocenters. The lowest BCUT2D eigenvalue weighted by molar-refractivity contribution is 0.178. The van der Waals surface area contributed by atoms with E-state index in [4.69, 9.17) is 4.74 Å². The Morgan fingerprint density at radius 3 is 2.46 bits per heavy atom. The first-order valence-corrected chi connectivity index (χ1v) is 9.45. The Kier molecular flexibility index (Phi) is 5.04. The van der Waals surface area contributed by atoms with Crippen molar-refractivity contribution in [3.63, 3.8) is 0 Å². The van der Waals surface area contributed by atoms with E-state index in [-0.39, 0.29) is 10.8 Å². The molecule has 0 radical (unpaired) electrons. The summed E-state index contributed by atoms with van der Waals surface area (Å²) in [6.45, 7) is 12.0. The predicted molar refractivity (Wildman–Crippen MR) is 111 cm³/mol. The van der Waals surface area contributed by atoms with Gasteiger partial charge in [-0.1, -0.05) is 65.0 Å². The maximum Gasteiger partial charge on any atom is 0.122 e. The first kappa shape index (κ1) is 18.4. The third kappa shape index (κ3) is 3.60. The van der Waals surface area contributed by atoms with E-state index >= 15 is 0 Å². The molecular weight excluding hydrogens is 318 g/mol. The number of allylic oxidation sites excluding steroid dienone is 3. The lowest BCUT2D eigenvalue weighted by atomic mass is 9.64. The third-order valence-corrected chi connectivity index (χ3v) is 5.54. The van der Waals surface area contributed by atoms with E-state index in [1.54, 1.807) is 0 Å². The van der Waals surface area contributed by atoms with E-state index in [1.165, 1.54) is 10.8 Å². The Hall–Kier alpha value is -2.35. The van der Waals surface area contributed by atoms with Crippen LogP contribution in [-0.4, -0.2) is 11.6 Å². The molecule has 0 amide bonds. The average Bonchev–Trinajstić information content (AvgIpc) is 2.61. The molecule has 1 aliphatic carbocycles. The molecule has 2 nitrogen and oxygen atoms in total. The van der Waals surface area contributed by atoms with Crippen LogP contribution in [-0.2, 0) is 4.74 Å². The van der Waals surface area contributed by atoms with Gasteiger partial charge in [-0.25, -0.2) is 0 Å². The van der Waals surface area contributed by atoms with Crippen molar-refractivity contribution in [2.24, 2.45) is 10.8 Å². The summed E-state index contributed by atoms with van der Waals surface area (Å²) in [5, 5.41) is 2.38. The van der Waals surface area contributed by atoms with Crippen LogP contribution in [0.15, 0.2) is 66.1 Å². The lowest BCUT2D eigenvalue weighted by Crippen LogP contribution is -2.32. The van der Waals surface area contributed by atoms with Crippen LogP contribution in [0.1, 0.15) is 46.7 Å². The first-order valence-electron chi connectivity index (χ1n) is 9.45. The zero-order chi connectivity index (χ0) is 18.8. The molecule has 0 N–H and O–H groups in total. The van der Waals surface area contributed by atoms with Gasteiger partial charge in [0.15, 0.2) is 0 Å². The summed E-state index contributed by atoms with van der Waals surface area (Å²) in [4.78, 5) is 4.57. The van der Waals surface area contributed by atoms with Gasteiger partial charge in [-0.05, 0) is 46.9 Å². The molecule has 3 rings (SSSR count). The molecule has 0 spiro atoms. The number of pyridine rings is 1. The van der Waals surface area contributed by atoms with Crippen molar-refractivity contribution < 1.29 is 4.74 Å². The van der Waals surface area contributed by atoms with Gasteiger partial charge in [0.05, 0.1) is 12.3 Å². The molecule has 0 saturated carbocycles. The predicted octanol–water partition coefficient (Wildman–Crippen LogP) is 6.55. The molecule has 1 heterocycles. The molecule has 0 atom stereocenters. The second-order valence-electron chi connectivity index (χ2n) is 8.15. The van der Waals surface area contributed by atoms with Crippen LogP contribution in [0.25, 0.3) is 16.8 Å². The maximum atomic E-state index is 6.07. The van der Waals surface area contributed by atoms with E-state index in [0.717, 1.165) is 30.1 Å². The van der Waals surface area contributed by atoms with Crippen LogP contribution in [0.2, 0.25) is 0 Å². The quantitative estimate of drug-likeness (QED) is 0.612. The molecule has 2 aromatic rings. The van der Waals surface area contributed by atoms with Crippen molar-refractivity contribution in [3.05, 3.63) is 71.8 Å². The normalized spacial score (nSPS) is 18.7. The minimum absolute atomic E-state index is 0.0467. The number of nitrogens with zero attached hydrogens (tertiary/aromatic N) is 1. The SMILES string of the molecule is CCCOC1=CC(C)(C)C(C)(C)C=C1/C=C/c1nccc2ccccc12. The highest BCUT2D eigenvalue weighted by Crippen LogP contribution is 2.47. The molecule has 0 saturated heterocycles. The molecule has 1 aromatic carbocycles. The topological polar surface area (TPSA) is 22.1 Å². The minimum Gasteiger partial charge on any atom is -0.493 e. The number of fused-ring (bicyclic) bond motifs is 1. The summed E-state index contributed by atoms with van der Waals surface area (Å²) in [6.07, 6.45) is 11.7. The Bertz CT molecular complexity index is 879. The van der Waals surface area contributed by atoms with Crippen molar-refractivity contribution >= 4 is 16.8 Å². The number of hydrogen-bond donors (Lipinski definition) is 0. The number of rotatable bonds is 5. The number of aromatic nitrogens is 1. The molecule has 1 aliphatic rings. The molecule has 1 aromatic heterocycles. The van der Waals surface area contributed by atoms with Crippen molar-refractivity contribution in [1.29, 1.82) is 0 Å². The number of hydrogen-bond acceptors (Lipinski definition) is 2. The Morgan fingerprint density at radius 1 is 0.962 bits per heavy atom. The zero-order valence-electron chi connectivity index (χ0n) is 16.5. The van der Waals surface area contributed by atoms with Crippen molar-refractivity contribution in [1.82, 2.24) is 4.98 Å². The summed E-state index contributed by atoms with van der Waals surface area (Å²) < 4.78 is 6.07. The zero-order valence-corrected chi connectivity index (χ0v) is 16.5. The Labute approximate surface area is 157 Å². The van der Waals surface area contributed by atoms with Crippen molar-refractivity contribution in [2.45, 2.75) is 41.0 Å². The largest absolute Gasteiger partial charge is 0.493 e. The van der Waals surface area contributed by atoms with E-state index in [2.05, 4.69) is 88.2 Å². The van der Waals surface area contributed by atoms with Crippen LogP contribution in [0.3, 0.4) is 0 Å². The van der Waals surface area contributed by atoms with E-state index in [1.807, 2.05) is 12.3 Å². The first-order chi connectivity index (χ1) is 12.3. The number of ether oxygens (including phenoxy) is 1. The summed E-state index contributed by atoms with van der Waals surface area (Å²) >= 11 is 0. The van der Waals surface area contributed by atoms with Gasteiger partial charge in [-0.15, -0.1) is 0 Å². The smallest absolute Gasteiger partial charge is 0.122 e. The van der Waals surface area contributed by atoms with Crippen molar-refractivity contribution in [2.75, 3.05) is 6.61 Å². The van der Waals surface area contributed by atoms with Crippen molar-refractivity contribution in [3.8, 4) is 0 Å². The summed E-state index contributed by atoms with van der Waals surface area (Å²) in [5.41, 5.74) is 2.22. The molecule has 0 fully saturated rings. The molecular formula is C24H29NO. The Balaban J connectivity index is 1.99.